The lowest BCUT2D eigenvalue weighted by atomic mass is 9.75. The van der Waals surface area contributed by atoms with Crippen LogP contribution in [0.1, 0.15) is 116 Å². The van der Waals surface area contributed by atoms with E-state index in [2.05, 4.69) is 182 Å². The van der Waals surface area contributed by atoms with Gasteiger partial charge >= 0.3 is 0 Å². The molecule has 6 aromatic rings. The summed E-state index contributed by atoms with van der Waals surface area (Å²) in [5, 5.41) is 5.37. The summed E-state index contributed by atoms with van der Waals surface area (Å²) in [6.45, 7) is 32.8. The summed E-state index contributed by atoms with van der Waals surface area (Å²) in [5.41, 5.74) is 19.1. The van der Waals surface area contributed by atoms with E-state index >= 15 is 0 Å². The molecule has 0 saturated heterocycles. The summed E-state index contributed by atoms with van der Waals surface area (Å²) in [7, 11) is 0. The summed E-state index contributed by atoms with van der Waals surface area (Å²) in [6.07, 6.45) is 0. The molecule has 0 heteroatoms. The highest BCUT2D eigenvalue weighted by Gasteiger charge is 2.33. The third kappa shape index (κ3) is 5.60. The molecule has 0 aromatic heterocycles. The largest absolute Gasteiger partial charge is 0.0610 e. The Morgan fingerprint density at radius 1 is 0.360 bits per heavy atom. The zero-order chi connectivity index (χ0) is 36.3. The number of rotatable bonds is 2. The van der Waals surface area contributed by atoms with Crippen molar-refractivity contribution in [2.24, 2.45) is 0 Å². The molecule has 0 radical (unpaired) electrons. The minimum absolute atomic E-state index is 0.0150. The van der Waals surface area contributed by atoms with Crippen molar-refractivity contribution in [2.45, 2.75) is 119 Å². The van der Waals surface area contributed by atoms with Crippen LogP contribution >= 0.6 is 0 Å². The first-order chi connectivity index (χ1) is 23.1. The number of aryl methyl sites for hydroxylation is 2. The van der Waals surface area contributed by atoms with E-state index in [0.29, 0.717) is 0 Å². The molecule has 0 unspecified atom stereocenters. The lowest BCUT2D eigenvalue weighted by Crippen LogP contribution is -2.17. The SMILES string of the molecule is Cc1cc2c(-c3cc(C(C)(C)C)cc(C(C)(C)C)c3)c3c(c(-c4cc(C(C)(C)C)cc(C(C)(C)C)c4)c2cc1C)-c1cccc2cccc-3c12. The zero-order valence-corrected chi connectivity index (χ0v) is 33.1. The quantitative estimate of drug-likeness (QED) is 0.174. The summed E-state index contributed by atoms with van der Waals surface area (Å²) >= 11 is 0. The van der Waals surface area contributed by atoms with E-state index in [1.54, 1.807) is 0 Å². The van der Waals surface area contributed by atoms with Gasteiger partial charge in [0.2, 0.25) is 0 Å². The van der Waals surface area contributed by atoms with Gasteiger partial charge in [0.15, 0.2) is 0 Å². The summed E-state index contributed by atoms with van der Waals surface area (Å²) in [4.78, 5) is 0. The number of hydrogen-bond donors (Lipinski definition) is 0. The highest BCUT2D eigenvalue weighted by molar-refractivity contribution is 6.27. The van der Waals surface area contributed by atoms with Crippen LogP contribution in [-0.2, 0) is 21.7 Å². The minimum Gasteiger partial charge on any atom is -0.0610 e. The van der Waals surface area contributed by atoms with Crippen molar-refractivity contribution in [3.8, 4) is 44.5 Å². The molecule has 0 saturated carbocycles. The lowest BCUT2D eigenvalue weighted by Gasteiger charge is -2.29. The van der Waals surface area contributed by atoms with Crippen LogP contribution in [0.2, 0.25) is 0 Å². The van der Waals surface area contributed by atoms with Crippen molar-refractivity contribution in [3.63, 3.8) is 0 Å². The van der Waals surface area contributed by atoms with Gasteiger partial charge in [-0.1, -0.05) is 168 Å². The Morgan fingerprint density at radius 2 is 0.680 bits per heavy atom. The Hall–Kier alpha value is -4.16. The van der Waals surface area contributed by atoms with Crippen LogP contribution < -0.4 is 0 Å². The van der Waals surface area contributed by atoms with Gasteiger partial charge in [0.1, 0.15) is 0 Å². The Morgan fingerprint density at radius 3 is 0.980 bits per heavy atom. The predicted octanol–water partition coefficient (Wildman–Crippen LogP) is 14.8. The van der Waals surface area contributed by atoms with E-state index in [4.69, 9.17) is 0 Å². The maximum Gasteiger partial charge on any atom is -0.000741 e. The maximum atomic E-state index is 2.50. The van der Waals surface area contributed by atoms with Crippen molar-refractivity contribution in [3.05, 3.63) is 118 Å². The molecule has 0 bridgehead atoms. The van der Waals surface area contributed by atoms with Gasteiger partial charge in [-0.3, -0.25) is 0 Å². The standard InChI is InChI=1S/C50H56/c1-29-21-40-41(22-30(29)2)44(33-25-36(49(9,10)11)28-37(26-33)50(12,13)14)46-39-20-16-18-31-17-15-19-38(42(31)39)45(46)43(40)32-23-34(47(3,4)5)27-35(24-32)48(6,7)8/h15-28H,1-14H3. The fourth-order valence-corrected chi connectivity index (χ4v) is 7.92. The molecule has 0 spiro atoms. The Labute approximate surface area is 302 Å². The molecule has 50 heavy (non-hydrogen) atoms. The molecule has 0 aliphatic heterocycles. The third-order valence-electron chi connectivity index (χ3n) is 11.3. The topological polar surface area (TPSA) is 0 Å². The molecule has 0 amide bonds. The monoisotopic (exact) mass is 656 g/mol. The first-order valence-corrected chi connectivity index (χ1v) is 18.6. The van der Waals surface area contributed by atoms with Gasteiger partial charge in [0.05, 0.1) is 0 Å². The molecule has 256 valence electrons. The smallest absolute Gasteiger partial charge is 0.000741 e. The third-order valence-corrected chi connectivity index (χ3v) is 11.3. The van der Waals surface area contributed by atoms with Crippen molar-refractivity contribution in [1.82, 2.24) is 0 Å². The molecule has 1 aliphatic carbocycles. The van der Waals surface area contributed by atoms with Crippen LogP contribution in [0.25, 0.3) is 66.1 Å². The van der Waals surface area contributed by atoms with E-state index in [0.717, 1.165) is 0 Å². The molecule has 0 fully saturated rings. The summed E-state index contributed by atoms with van der Waals surface area (Å²) in [5.74, 6) is 0. The Kier molecular flexibility index (Phi) is 7.66. The molecular formula is C50H56. The van der Waals surface area contributed by atoms with Crippen LogP contribution in [-0.4, -0.2) is 0 Å². The van der Waals surface area contributed by atoms with E-state index < -0.39 is 0 Å². The second-order valence-electron chi connectivity index (χ2n) is 19.3. The van der Waals surface area contributed by atoms with Crippen molar-refractivity contribution < 1.29 is 0 Å². The molecule has 1 aliphatic rings. The molecule has 0 N–H and O–H groups in total. The normalized spacial score (nSPS) is 13.4. The van der Waals surface area contributed by atoms with Gasteiger partial charge in [0.25, 0.3) is 0 Å². The number of hydrogen-bond acceptors (Lipinski definition) is 0. The Balaban J connectivity index is 1.76. The van der Waals surface area contributed by atoms with E-state index in [-0.39, 0.29) is 21.7 Å². The molecular weight excluding hydrogens is 601 g/mol. The fraction of sp³-hybridized carbons (Fsp3) is 0.360. The van der Waals surface area contributed by atoms with Crippen LogP contribution in [0.15, 0.2) is 84.9 Å². The van der Waals surface area contributed by atoms with Crippen molar-refractivity contribution in [1.29, 1.82) is 0 Å². The minimum atomic E-state index is 0.0150. The summed E-state index contributed by atoms with van der Waals surface area (Å²) in [6, 6.07) is 33.7. The first kappa shape index (κ1) is 34.3. The second-order valence-corrected chi connectivity index (χ2v) is 19.3. The number of benzene rings is 6. The zero-order valence-electron chi connectivity index (χ0n) is 33.1. The Bertz CT molecular complexity index is 2120. The van der Waals surface area contributed by atoms with Gasteiger partial charge in [-0.2, -0.15) is 0 Å². The van der Waals surface area contributed by atoms with E-state index in [1.165, 1.54) is 99.4 Å². The molecule has 6 aromatic carbocycles. The molecule has 7 rings (SSSR count). The predicted molar refractivity (Wildman–Crippen MR) is 221 cm³/mol. The van der Waals surface area contributed by atoms with Gasteiger partial charge in [-0.15, -0.1) is 0 Å². The second kappa shape index (κ2) is 11.2. The first-order valence-electron chi connectivity index (χ1n) is 18.6. The number of fused-ring (bicyclic) bond motifs is 4. The fourth-order valence-electron chi connectivity index (χ4n) is 7.92. The van der Waals surface area contributed by atoms with Gasteiger partial charge in [-0.25, -0.2) is 0 Å². The van der Waals surface area contributed by atoms with Gasteiger partial charge < -0.3 is 0 Å². The van der Waals surface area contributed by atoms with Crippen LogP contribution in [0, 0.1) is 13.8 Å². The van der Waals surface area contributed by atoms with Crippen molar-refractivity contribution >= 4 is 21.5 Å². The van der Waals surface area contributed by atoms with Crippen LogP contribution in [0.4, 0.5) is 0 Å². The maximum absolute atomic E-state index is 2.50. The van der Waals surface area contributed by atoms with E-state index in [1.807, 2.05) is 0 Å². The van der Waals surface area contributed by atoms with Crippen LogP contribution in [0.3, 0.4) is 0 Å². The lowest BCUT2D eigenvalue weighted by molar-refractivity contribution is 0.568. The average molecular weight is 657 g/mol. The van der Waals surface area contributed by atoms with Crippen LogP contribution in [0.5, 0.6) is 0 Å². The molecule has 0 atom stereocenters. The van der Waals surface area contributed by atoms with Gasteiger partial charge in [0, 0.05) is 0 Å². The van der Waals surface area contributed by atoms with E-state index in [9.17, 15) is 0 Å². The van der Waals surface area contributed by atoms with Crippen molar-refractivity contribution in [2.75, 3.05) is 0 Å². The molecule has 0 heterocycles. The highest BCUT2D eigenvalue weighted by Crippen LogP contribution is 2.58. The highest BCUT2D eigenvalue weighted by atomic mass is 14.4. The molecule has 0 nitrogen and oxygen atoms in total. The van der Waals surface area contributed by atoms with Gasteiger partial charge in [-0.05, 0) is 135 Å². The summed E-state index contributed by atoms with van der Waals surface area (Å²) < 4.78 is 0. The average Bonchev–Trinajstić information content (AvgIpc) is 3.34.